The third kappa shape index (κ3) is 1.74. The van der Waals surface area contributed by atoms with Crippen molar-refractivity contribution in [1.82, 2.24) is 4.57 Å². The van der Waals surface area contributed by atoms with Crippen molar-refractivity contribution in [2.45, 2.75) is 25.4 Å². The van der Waals surface area contributed by atoms with E-state index in [1.165, 1.54) is 16.3 Å². The lowest BCUT2D eigenvalue weighted by molar-refractivity contribution is 0.787. The molecule has 0 spiro atoms. The standard InChI is InChI=1S/C9H14N4S/c1-6-8(5-11-12-10)7(2)13(3)9(6)14-4/h5H2,1-4H3. The van der Waals surface area contributed by atoms with Crippen molar-refractivity contribution in [2.75, 3.05) is 6.26 Å². The molecule has 0 aromatic carbocycles. The van der Waals surface area contributed by atoms with E-state index in [2.05, 4.69) is 34.7 Å². The molecule has 0 aliphatic heterocycles. The van der Waals surface area contributed by atoms with Crippen LogP contribution in [0.3, 0.4) is 0 Å². The summed E-state index contributed by atoms with van der Waals surface area (Å²) in [5.41, 5.74) is 11.8. The fourth-order valence-electron chi connectivity index (χ4n) is 1.63. The van der Waals surface area contributed by atoms with Gasteiger partial charge in [0.2, 0.25) is 0 Å². The summed E-state index contributed by atoms with van der Waals surface area (Å²) in [7, 11) is 2.04. The molecule has 0 bridgehead atoms. The summed E-state index contributed by atoms with van der Waals surface area (Å²) in [5.74, 6) is 0. The number of thioether (sulfide) groups is 1. The molecule has 14 heavy (non-hydrogen) atoms. The second kappa shape index (κ2) is 4.44. The number of azide groups is 1. The van der Waals surface area contributed by atoms with E-state index in [0.29, 0.717) is 6.54 Å². The number of nitrogens with zero attached hydrogens (tertiary/aromatic N) is 4. The van der Waals surface area contributed by atoms with E-state index in [4.69, 9.17) is 5.53 Å². The molecule has 0 amide bonds. The van der Waals surface area contributed by atoms with E-state index in [1.807, 2.05) is 7.05 Å². The van der Waals surface area contributed by atoms with E-state index in [9.17, 15) is 0 Å². The zero-order valence-electron chi connectivity index (χ0n) is 8.90. The topological polar surface area (TPSA) is 53.7 Å². The van der Waals surface area contributed by atoms with Gasteiger partial charge in [0.25, 0.3) is 0 Å². The molecule has 1 aromatic heterocycles. The van der Waals surface area contributed by atoms with E-state index >= 15 is 0 Å². The van der Waals surface area contributed by atoms with Crippen molar-refractivity contribution in [1.29, 1.82) is 0 Å². The molecule has 1 rings (SSSR count). The Labute approximate surface area is 87.9 Å². The Hall–Kier alpha value is -1.06. The third-order valence-electron chi connectivity index (χ3n) is 2.50. The molecular formula is C9H14N4S. The first-order valence-electron chi connectivity index (χ1n) is 4.33. The van der Waals surface area contributed by atoms with Crippen LogP contribution in [0.1, 0.15) is 16.8 Å². The summed E-state index contributed by atoms with van der Waals surface area (Å²) in [5, 5.41) is 4.85. The molecule has 0 N–H and O–H groups in total. The van der Waals surface area contributed by atoms with Crippen molar-refractivity contribution in [3.05, 3.63) is 27.3 Å². The molecule has 0 fully saturated rings. The van der Waals surface area contributed by atoms with E-state index < -0.39 is 0 Å². The fourth-order valence-corrected chi connectivity index (χ4v) is 2.47. The largest absolute Gasteiger partial charge is 0.343 e. The minimum Gasteiger partial charge on any atom is -0.343 e. The Bertz CT molecular complexity index is 388. The maximum absolute atomic E-state index is 8.29. The van der Waals surface area contributed by atoms with Crippen LogP contribution in [-0.4, -0.2) is 10.8 Å². The first kappa shape index (κ1) is 11.0. The van der Waals surface area contributed by atoms with Crippen LogP contribution in [0.2, 0.25) is 0 Å². The van der Waals surface area contributed by atoms with E-state index in [0.717, 1.165) is 5.56 Å². The lowest BCUT2D eigenvalue weighted by atomic mass is 10.2. The zero-order valence-corrected chi connectivity index (χ0v) is 9.72. The van der Waals surface area contributed by atoms with Crippen LogP contribution < -0.4 is 0 Å². The summed E-state index contributed by atoms with van der Waals surface area (Å²) in [6, 6.07) is 0. The second-order valence-corrected chi connectivity index (χ2v) is 3.94. The lowest BCUT2D eigenvalue weighted by Gasteiger charge is -2.01. The van der Waals surface area contributed by atoms with Crippen molar-refractivity contribution in [3.8, 4) is 0 Å². The maximum atomic E-state index is 8.29. The van der Waals surface area contributed by atoms with Crippen LogP contribution in [0.5, 0.6) is 0 Å². The predicted octanol–water partition coefficient (Wildman–Crippen LogP) is 3.17. The first-order valence-corrected chi connectivity index (χ1v) is 5.55. The molecule has 0 unspecified atom stereocenters. The van der Waals surface area contributed by atoms with Gasteiger partial charge in [-0.1, -0.05) is 5.11 Å². The Balaban J connectivity index is 3.22. The average molecular weight is 210 g/mol. The van der Waals surface area contributed by atoms with E-state index in [1.54, 1.807) is 11.8 Å². The van der Waals surface area contributed by atoms with Gasteiger partial charge in [0.1, 0.15) is 0 Å². The minimum absolute atomic E-state index is 0.447. The summed E-state index contributed by atoms with van der Waals surface area (Å²) in [6.45, 7) is 4.57. The summed E-state index contributed by atoms with van der Waals surface area (Å²) in [4.78, 5) is 2.79. The molecule has 1 heterocycles. The predicted molar refractivity (Wildman–Crippen MR) is 59.5 cm³/mol. The van der Waals surface area contributed by atoms with Crippen LogP contribution in [-0.2, 0) is 13.6 Å². The van der Waals surface area contributed by atoms with Gasteiger partial charge in [-0.2, -0.15) is 0 Å². The molecule has 4 nitrogen and oxygen atoms in total. The second-order valence-electron chi connectivity index (χ2n) is 3.15. The molecule has 0 aliphatic carbocycles. The summed E-state index contributed by atoms with van der Waals surface area (Å²) >= 11 is 1.72. The molecule has 0 aliphatic rings. The molecule has 1 aromatic rings. The highest BCUT2D eigenvalue weighted by Gasteiger charge is 2.12. The van der Waals surface area contributed by atoms with Crippen molar-refractivity contribution >= 4 is 11.8 Å². The monoisotopic (exact) mass is 210 g/mol. The van der Waals surface area contributed by atoms with Gasteiger partial charge >= 0.3 is 0 Å². The minimum atomic E-state index is 0.447. The van der Waals surface area contributed by atoms with Gasteiger partial charge in [-0.3, -0.25) is 0 Å². The normalized spacial score (nSPS) is 10.0. The van der Waals surface area contributed by atoms with Gasteiger partial charge < -0.3 is 4.57 Å². The Morgan fingerprint density at radius 2 is 2.14 bits per heavy atom. The van der Waals surface area contributed by atoms with Gasteiger partial charge in [0.15, 0.2) is 0 Å². The molecule has 0 saturated carbocycles. The summed E-state index contributed by atoms with van der Waals surface area (Å²) in [6.07, 6.45) is 2.05. The number of hydrogen-bond acceptors (Lipinski definition) is 2. The highest BCUT2D eigenvalue weighted by Crippen LogP contribution is 2.28. The van der Waals surface area contributed by atoms with Gasteiger partial charge in [0.05, 0.1) is 11.6 Å². The van der Waals surface area contributed by atoms with Gasteiger partial charge in [-0.05, 0) is 36.8 Å². The van der Waals surface area contributed by atoms with Crippen molar-refractivity contribution < 1.29 is 0 Å². The van der Waals surface area contributed by atoms with E-state index in [-0.39, 0.29) is 0 Å². The zero-order chi connectivity index (χ0) is 10.7. The Kier molecular flexibility index (Phi) is 3.49. The van der Waals surface area contributed by atoms with Crippen LogP contribution >= 0.6 is 11.8 Å². The smallest absolute Gasteiger partial charge is 0.0777 e. The third-order valence-corrected chi connectivity index (χ3v) is 3.47. The molecule has 5 heteroatoms. The van der Waals surface area contributed by atoms with Gasteiger partial charge in [-0.25, -0.2) is 0 Å². The lowest BCUT2D eigenvalue weighted by Crippen LogP contribution is -1.93. The van der Waals surface area contributed by atoms with Crippen LogP contribution in [0.25, 0.3) is 10.4 Å². The van der Waals surface area contributed by atoms with Crippen LogP contribution in [0.15, 0.2) is 10.1 Å². The molecule has 0 saturated heterocycles. The number of rotatable bonds is 3. The average Bonchev–Trinajstić information content (AvgIpc) is 2.37. The van der Waals surface area contributed by atoms with Gasteiger partial charge in [-0.15, -0.1) is 11.8 Å². The number of aromatic nitrogens is 1. The maximum Gasteiger partial charge on any atom is 0.0777 e. The highest BCUT2D eigenvalue weighted by atomic mass is 32.2. The SMILES string of the molecule is CSc1c(C)c(CN=[N+]=[N-])c(C)n1C. The van der Waals surface area contributed by atoms with Gasteiger partial charge in [0, 0.05) is 17.7 Å². The van der Waals surface area contributed by atoms with Crippen LogP contribution in [0.4, 0.5) is 0 Å². The van der Waals surface area contributed by atoms with Crippen LogP contribution in [0, 0.1) is 13.8 Å². The molecular weight excluding hydrogens is 196 g/mol. The molecule has 76 valence electrons. The highest BCUT2D eigenvalue weighted by molar-refractivity contribution is 7.98. The quantitative estimate of drug-likeness (QED) is 0.327. The number of hydrogen-bond donors (Lipinski definition) is 0. The van der Waals surface area contributed by atoms with Crippen molar-refractivity contribution in [2.24, 2.45) is 12.2 Å². The summed E-state index contributed by atoms with van der Waals surface area (Å²) < 4.78 is 2.14. The Morgan fingerprint density at radius 1 is 1.50 bits per heavy atom. The molecule has 0 atom stereocenters. The first-order chi connectivity index (χ1) is 6.63. The Morgan fingerprint density at radius 3 is 2.57 bits per heavy atom. The molecule has 0 radical (unpaired) electrons. The van der Waals surface area contributed by atoms with Crippen molar-refractivity contribution in [3.63, 3.8) is 0 Å². The fraction of sp³-hybridized carbons (Fsp3) is 0.556.